The number of hydrogen-bond donors (Lipinski definition) is 2. The van der Waals surface area contributed by atoms with E-state index in [0.717, 1.165) is 32.4 Å². The summed E-state index contributed by atoms with van der Waals surface area (Å²) in [6.07, 6.45) is 3.17. The maximum Gasteiger partial charge on any atom is 0.237 e. The molecule has 0 aromatic heterocycles. The number of nitrogens with two attached hydrogens (primary N) is 1. The van der Waals surface area contributed by atoms with Crippen LogP contribution in [-0.4, -0.2) is 43.0 Å². The van der Waals surface area contributed by atoms with Crippen molar-refractivity contribution < 1.29 is 4.79 Å². The molecule has 1 saturated heterocycles. The van der Waals surface area contributed by atoms with Crippen LogP contribution in [-0.2, 0) is 4.79 Å². The van der Waals surface area contributed by atoms with Gasteiger partial charge in [-0.15, -0.1) is 0 Å². The number of carbonyl (C=O) groups is 1. The topological polar surface area (TPSA) is 58.4 Å². The quantitative estimate of drug-likeness (QED) is 0.738. The highest BCUT2D eigenvalue weighted by molar-refractivity contribution is 5.82. The van der Waals surface area contributed by atoms with Crippen LogP contribution < -0.4 is 11.1 Å². The van der Waals surface area contributed by atoms with Gasteiger partial charge in [-0.1, -0.05) is 20.3 Å². The number of likely N-dealkylation sites (tertiary alicyclic amines) is 1. The van der Waals surface area contributed by atoms with E-state index < -0.39 is 0 Å². The van der Waals surface area contributed by atoms with E-state index in [-0.39, 0.29) is 23.9 Å². The standard InChI is InChI=1S/C12H25N3O/c1-4-9(2)11(13)12(16)14-10-6-5-7-15(3)8-10/h9-11H,4-8,13H2,1-3H3,(H,14,16)/t9?,10?,11-/m0/s1. The van der Waals surface area contributed by atoms with Crippen molar-refractivity contribution in [2.24, 2.45) is 11.7 Å². The van der Waals surface area contributed by atoms with Gasteiger partial charge in [0, 0.05) is 12.6 Å². The average molecular weight is 227 g/mol. The van der Waals surface area contributed by atoms with E-state index in [1.54, 1.807) is 0 Å². The van der Waals surface area contributed by atoms with Crippen molar-refractivity contribution >= 4 is 5.91 Å². The van der Waals surface area contributed by atoms with Crippen molar-refractivity contribution in [2.75, 3.05) is 20.1 Å². The lowest BCUT2D eigenvalue weighted by Gasteiger charge is -2.31. The minimum absolute atomic E-state index is 0.00894. The molecule has 4 heteroatoms. The Morgan fingerprint density at radius 1 is 1.62 bits per heavy atom. The predicted octanol–water partition coefficient (Wildman–Crippen LogP) is 0.570. The lowest BCUT2D eigenvalue weighted by Crippen LogP contribution is -2.52. The Kier molecular flexibility index (Phi) is 5.22. The average Bonchev–Trinajstić information content (AvgIpc) is 2.27. The second-order valence-corrected chi connectivity index (χ2v) is 5.02. The minimum atomic E-state index is -0.364. The molecule has 1 fully saturated rings. The molecule has 1 aliphatic rings. The van der Waals surface area contributed by atoms with E-state index in [4.69, 9.17) is 5.73 Å². The lowest BCUT2D eigenvalue weighted by atomic mass is 9.98. The molecule has 0 spiro atoms. The first-order valence-electron chi connectivity index (χ1n) is 6.29. The highest BCUT2D eigenvalue weighted by atomic mass is 16.2. The highest BCUT2D eigenvalue weighted by Gasteiger charge is 2.24. The molecule has 0 aromatic carbocycles. The van der Waals surface area contributed by atoms with Crippen molar-refractivity contribution in [2.45, 2.75) is 45.2 Å². The molecule has 3 atom stereocenters. The van der Waals surface area contributed by atoms with Gasteiger partial charge >= 0.3 is 0 Å². The first kappa shape index (κ1) is 13.5. The molecule has 1 rings (SSSR count). The van der Waals surface area contributed by atoms with Crippen LogP contribution in [0, 0.1) is 5.92 Å². The maximum atomic E-state index is 11.9. The summed E-state index contributed by atoms with van der Waals surface area (Å²) < 4.78 is 0. The third-order valence-electron chi connectivity index (χ3n) is 3.53. The normalized spacial score (nSPS) is 26.1. The summed E-state index contributed by atoms with van der Waals surface area (Å²) in [5, 5.41) is 3.06. The van der Waals surface area contributed by atoms with Crippen molar-refractivity contribution in [3.8, 4) is 0 Å². The van der Waals surface area contributed by atoms with Gasteiger partial charge in [-0.25, -0.2) is 0 Å². The number of hydrogen-bond acceptors (Lipinski definition) is 3. The summed E-state index contributed by atoms with van der Waals surface area (Å²) in [6, 6.07) is -0.0846. The molecule has 0 radical (unpaired) electrons. The molecule has 0 bridgehead atoms. The van der Waals surface area contributed by atoms with Gasteiger partial charge < -0.3 is 16.0 Å². The van der Waals surface area contributed by atoms with Gasteiger partial charge in [0.15, 0.2) is 0 Å². The van der Waals surface area contributed by atoms with Crippen molar-refractivity contribution in [3.05, 3.63) is 0 Å². The zero-order chi connectivity index (χ0) is 12.1. The van der Waals surface area contributed by atoms with Gasteiger partial charge in [0.25, 0.3) is 0 Å². The lowest BCUT2D eigenvalue weighted by molar-refractivity contribution is -0.124. The Balaban J connectivity index is 2.38. The van der Waals surface area contributed by atoms with Crippen LogP contribution in [0.4, 0.5) is 0 Å². The van der Waals surface area contributed by atoms with Gasteiger partial charge in [-0.3, -0.25) is 4.79 Å². The van der Waals surface area contributed by atoms with Gasteiger partial charge in [0.2, 0.25) is 5.91 Å². The highest BCUT2D eigenvalue weighted by Crippen LogP contribution is 2.10. The molecule has 1 aliphatic heterocycles. The molecule has 2 unspecified atom stereocenters. The van der Waals surface area contributed by atoms with Crippen LogP contribution in [0.2, 0.25) is 0 Å². The van der Waals surface area contributed by atoms with Gasteiger partial charge in [0.1, 0.15) is 0 Å². The smallest absolute Gasteiger partial charge is 0.237 e. The predicted molar refractivity (Wildman–Crippen MR) is 66.1 cm³/mol. The molecular weight excluding hydrogens is 202 g/mol. The Labute approximate surface area is 98.6 Å². The largest absolute Gasteiger partial charge is 0.351 e. The maximum absolute atomic E-state index is 11.9. The number of carbonyl (C=O) groups excluding carboxylic acids is 1. The van der Waals surface area contributed by atoms with Crippen molar-refractivity contribution in [1.29, 1.82) is 0 Å². The minimum Gasteiger partial charge on any atom is -0.351 e. The number of likely N-dealkylation sites (N-methyl/N-ethyl adjacent to an activating group) is 1. The third kappa shape index (κ3) is 3.76. The Bertz CT molecular complexity index is 232. The summed E-state index contributed by atoms with van der Waals surface area (Å²) in [7, 11) is 2.09. The molecule has 94 valence electrons. The van der Waals surface area contributed by atoms with Gasteiger partial charge in [-0.05, 0) is 32.4 Å². The zero-order valence-corrected chi connectivity index (χ0v) is 10.7. The van der Waals surface area contributed by atoms with E-state index in [0.29, 0.717) is 0 Å². The van der Waals surface area contributed by atoms with Crippen LogP contribution in [0.25, 0.3) is 0 Å². The number of piperidine rings is 1. The van der Waals surface area contributed by atoms with E-state index in [1.165, 1.54) is 0 Å². The molecule has 0 aliphatic carbocycles. The van der Waals surface area contributed by atoms with Crippen molar-refractivity contribution in [3.63, 3.8) is 0 Å². The van der Waals surface area contributed by atoms with E-state index in [9.17, 15) is 4.79 Å². The molecule has 3 N–H and O–H groups in total. The Hall–Kier alpha value is -0.610. The Morgan fingerprint density at radius 2 is 2.31 bits per heavy atom. The van der Waals surface area contributed by atoms with Crippen LogP contribution in [0.5, 0.6) is 0 Å². The first-order chi connectivity index (χ1) is 7.54. The fraction of sp³-hybridized carbons (Fsp3) is 0.917. The summed E-state index contributed by atoms with van der Waals surface area (Å²) in [4.78, 5) is 14.1. The molecular formula is C12H25N3O. The summed E-state index contributed by atoms with van der Waals surface area (Å²) in [5.41, 5.74) is 5.90. The third-order valence-corrected chi connectivity index (χ3v) is 3.53. The summed E-state index contributed by atoms with van der Waals surface area (Å²) in [6.45, 7) is 6.16. The second kappa shape index (κ2) is 6.21. The van der Waals surface area contributed by atoms with E-state index in [1.807, 2.05) is 6.92 Å². The fourth-order valence-corrected chi connectivity index (χ4v) is 2.09. The molecule has 4 nitrogen and oxygen atoms in total. The van der Waals surface area contributed by atoms with E-state index >= 15 is 0 Å². The second-order valence-electron chi connectivity index (χ2n) is 5.02. The molecule has 1 heterocycles. The van der Waals surface area contributed by atoms with Crippen LogP contribution in [0.3, 0.4) is 0 Å². The Morgan fingerprint density at radius 3 is 2.88 bits per heavy atom. The molecule has 16 heavy (non-hydrogen) atoms. The van der Waals surface area contributed by atoms with Gasteiger partial charge in [-0.2, -0.15) is 0 Å². The molecule has 0 aromatic rings. The molecule has 0 saturated carbocycles. The van der Waals surface area contributed by atoms with Gasteiger partial charge in [0.05, 0.1) is 6.04 Å². The van der Waals surface area contributed by atoms with Crippen LogP contribution >= 0.6 is 0 Å². The summed E-state index contributed by atoms with van der Waals surface area (Å²) in [5.74, 6) is 0.260. The first-order valence-corrected chi connectivity index (χ1v) is 6.29. The number of rotatable bonds is 4. The van der Waals surface area contributed by atoms with Crippen LogP contribution in [0.1, 0.15) is 33.1 Å². The van der Waals surface area contributed by atoms with E-state index in [2.05, 4.69) is 24.2 Å². The summed E-state index contributed by atoms with van der Waals surface area (Å²) >= 11 is 0. The SMILES string of the molecule is CCC(C)[C@H](N)C(=O)NC1CCCN(C)C1. The van der Waals surface area contributed by atoms with Crippen LogP contribution in [0.15, 0.2) is 0 Å². The molecule has 1 amide bonds. The van der Waals surface area contributed by atoms with Crippen molar-refractivity contribution in [1.82, 2.24) is 10.2 Å². The zero-order valence-electron chi connectivity index (χ0n) is 10.7. The number of nitrogens with one attached hydrogen (secondary N) is 1. The number of nitrogens with zero attached hydrogens (tertiary/aromatic N) is 1. The monoisotopic (exact) mass is 227 g/mol. The number of amides is 1. The fourth-order valence-electron chi connectivity index (χ4n) is 2.09.